The van der Waals surface area contributed by atoms with Crippen LogP contribution in [0.25, 0.3) is 10.9 Å². The van der Waals surface area contributed by atoms with Gasteiger partial charge in [0.2, 0.25) is 0 Å². The number of hydrogen-bond acceptors (Lipinski definition) is 3. The Balaban J connectivity index is 1.99. The van der Waals surface area contributed by atoms with Crippen LogP contribution in [0.3, 0.4) is 0 Å². The Hall–Kier alpha value is -1.88. The number of fused-ring (bicyclic) bond motifs is 1. The SMILES string of the molecule is O=C(c1cccc2cn[nH]c12)N1CC(O)C1. The second kappa shape index (κ2) is 3.31. The summed E-state index contributed by atoms with van der Waals surface area (Å²) >= 11 is 0. The van der Waals surface area contributed by atoms with Crippen LogP contribution >= 0.6 is 0 Å². The third kappa shape index (κ3) is 1.29. The van der Waals surface area contributed by atoms with Crippen LogP contribution in [0, 0.1) is 0 Å². The van der Waals surface area contributed by atoms with E-state index in [4.69, 9.17) is 0 Å². The molecule has 1 amide bonds. The van der Waals surface area contributed by atoms with Crippen molar-refractivity contribution in [3.05, 3.63) is 30.0 Å². The van der Waals surface area contributed by atoms with Gasteiger partial charge in [-0.25, -0.2) is 0 Å². The molecule has 1 aliphatic heterocycles. The molecule has 0 radical (unpaired) electrons. The summed E-state index contributed by atoms with van der Waals surface area (Å²) in [6, 6.07) is 5.51. The number of carbonyl (C=O) groups excluding carboxylic acids is 1. The van der Waals surface area contributed by atoms with E-state index in [1.165, 1.54) is 0 Å². The van der Waals surface area contributed by atoms with Crippen LogP contribution in [0.2, 0.25) is 0 Å². The maximum Gasteiger partial charge on any atom is 0.256 e. The van der Waals surface area contributed by atoms with Crippen LogP contribution in [0.1, 0.15) is 10.4 Å². The normalized spacial score (nSPS) is 16.4. The van der Waals surface area contributed by atoms with Gasteiger partial charge in [0.05, 0.1) is 23.4 Å². The second-order valence-electron chi connectivity index (χ2n) is 4.00. The van der Waals surface area contributed by atoms with Crippen molar-refractivity contribution < 1.29 is 9.90 Å². The van der Waals surface area contributed by atoms with E-state index < -0.39 is 0 Å². The highest BCUT2D eigenvalue weighted by Gasteiger charge is 2.30. The van der Waals surface area contributed by atoms with Crippen molar-refractivity contribution in [2.75, 3.05) is 13.1 Å². The van der Waals surface area contributed by atoms with Gasteiger partial charge in [0, 0.05) is 18.5 Å². The Morgan fingerprint density at radius 3 is 3.06 bits per heavy atom. The molecule has 1 aliphatic rings. The number of aliphatic hydroxyl groups excluding tert-OH is 1. The molecule has 82 valence electrons. The number of aromatic nitrogens is 2. The number of aliphatic hydroxyl groups is 1. The minimum atomic E-state index is -0.370. The Kier molecular flexibility index (Phi) is 1.94. The summed E-state index contributed by atoms with van der Waals surface area (Å²) in [4.78, 5) is 13.7. The van der Waals surface area contributed by atoms with E-state index in [9.17, 15) is 9.90 Å². The molecule has 0 spiro atoms. The molecule has 1 aromatic heterocycles. The molecule has 2 heterocycles. The van der Waals surface area contributed by atoms with E-state index in [-0.39, 0.29) is 12.0 Å². The first kappa shape index (κ1) is 9.35. The van der Waals surface area contributed by atoms with Crippen LogP contribution in [0.5, 0.6) is 0 Å². The molecule has 0 bridgehead atoms. The number of amides is 1. The van der Waals surface area contributed by atoms with E-state index in [0.717, 1.165) is 10.9 Å². The van der Waals surface area contributed by atoms with Crippen LogP contribution in [0.4, 0.5) is 0 Å². The average molecular weight is 217 g/mol. The number of carbonyl (C=O) groups is 1. The van der Waals surface area contributed by atoms with Gasteiger partial charge in [-0.3, -0.25) is 9.89 Å². The molecule has 1 saturated heterocycles. The zero-order valence-electron chi connectivity index (χ0n) is 8.55. The third-order valence-corrected chi connectivity index (χ3v) is 2.86. The van der Waals surface area contributed by atoms with Gasteiger partial charge in [0.15, 0.2) is 0 Å². The number of likely N-dealkylation sites (tertiary alicyclic amines) is 1. The predicted octanol–water partition coefficient (Wildman–Crippen LogP) is 0.380. The Morgan fingerprint density at radius 2 is 2.31 bits per heavy atom. The largest absolute Gasteiger partial charge is 0.389 e. The first-order valence-electron chi connectivity index (χ1n) is 5.15. The fraction of sp³-hybridized carbons (Fsp3) is 0.273. The van der Waals surface area contributed by atoms with Crippen molar-refractivity contribution in [3.63, 3.8) is 0 Å². The van der Waals surface area contributed by atoms with Crippen molar-refractivity contribution in [2.24, 2.45) is 0 Å². The van der Waals surface area contributed by atoms with Crippen LogP contribution in [-0.2, 0) is 0 Å². The van der Waals surface area contributed by atoms with Gasteiger partial charge < -0.3 is 10.0 Å². The van der Waals surface area contributed by atoms with Crippen molar-refractivity contribution in [3.8, 4) is 0 Å². The number of nitrogens with zero attached hydrogens (tertiary/aromatic N) is 2. The van der Waals surface area contributed by atoms with Crippen molar-refractivity contribution >= 4 is 16.8 Å². The van der Waals surface area contributed by atoms with Gasteiger partial charge in [-0.15, -0.1) is 0 Å². The number of aromatic amines is 1. The molecule has 1 fully saturated rings. The van der Waals surface area contributed by atoms with Crippen LogP contribution in [0.15, 0.2) is 24.4 Å². The molecule has 0 atom stereocenters. The maximum atomic E-state index is 12.1. The van der Waals surface area contributed by atoms with Gasteiger partial charge in [-0.2, -0.15) is 5.10 Å². The van der Waals surface area contributed by atoms with Gasteiger partial charge in [-0.1, -0.05) is 12.1 Å². The fourth-order valence-corrected chi connectivity index (χ4v) is 1.94. The second-order valence-corrected chi connectivity index (χ2v) is 4.00. The number of H-pyrrole nitrogens is 1. The van der Waals surface area contributed by atoms with Gasteiger partial charge in [0.1, 0.15) is 0 Å². The highest BCUT2D eigenvalue weighted by Crippen LogP contribution is 2.20. The first-order chi connectivity index (χ1) is 7.75. The molecular weight excluding hydrogens is 206 g/mol. The molecule has 2 aromatic rings. The number of nitrogens with one attached hydrogen (secondary N) is 1. The molecule has 1 aromatic carbocycles. The first-order valence-corrected chi connectivity index (χ1v) is 5.15. The zero-order valence-corrected chi connectivity index (χ0v) is 8.55. The molecule has 0 aliphatic carbocycles. The van der Waals surface area contributed by atoms with Crippen molar-refractivity contribution in [1.82, 2.24) is 15.1 Å². The monoisotopic (exact) mass is 217 g/mol. The molecule has 0 unspecified atom stereocenters. The summed E-state index contributed by atoms with van der Waals surface area (Å²) in [6.07, 6.45) is 1.32. The van der Waals surface area contributed by atoms with Crippen LogP contribution < -0.4 is 0 Å². The van der Waals surface area contributed by atoms with E-state index >= 15 is 0 Å². The summed E-state index contributed by atoms with van der Waals surface area (Å²) in [5, 5.41) is 16.8. The van der Waals surface area contributed by atoms with Gasteiger partial charge in [0.25, 0.3) is 5.91 Å². The molecule has 16 heavy (non-hydrogen) atoms. The smallest absolute Gasteiger partial charge is 0.256 e. The van der Waals surface area contributed by atoms with E-state index in [2.05, 4.69) is 10.2 Å². The lowest BCUT2D eigenvalue weighted by Crippen LogP contribution is -2.53. The molecule has 5 nitrogen and oxygen atoms in total. The minimum absolute atomic E-state index is 0.0554. The van der Waals surface area contributed by atoms with Crippen molar-refractivity contribution in [1.29, 1.82) is 0 Å². The van der Waals surface area contributed by atoms with E-state index in [0.29, 0.717) is 18.7 Å². The average Bonchev–Trinajstić information content (AvgIpc) is 2.71. The quantitative estimate of drug-likeness (QED) is 0.725. The maximum absolute atomic E-state index is 12.1. The highest BCUT2D eigenvalue weighted by atomic mass is 16.3. The van der Waals surface area contributed by atoms with Gasteiger partial charge in [-0.05, 0) is 6.07 Å². The third-order valence-electron chi connectivity index (χ3n) is 2.86. The predicted molar refractivity (Wildman–Crippen MR) is 58.0 cm³/mol. The van der Waals surface area contributed by atoms with Gasteiger partial charge >= 0.3 is 0 Å². The van der Waals surface area contributed by atoms with Crippen molar-refractivity contribution in [2.45, 2.75) is 6.10 Å². The Labute approximate surface area is 91.7 Å². The summed E-state index contributed by atoms with van der Waals surface area (Å²) in [5.74, 6) is -0.0554. The molecule has 0 saturated carbocycles. The number of benzene rings is 1. The Bertz CT molecular complexity index is 543. The summed E-state index contributed by atoms with van der Waals surface area (Å²) in [6.45, 7) is 0.840. The summed E-state index contributed by atoms with van der Waals surface area (Å²) < 4.78 is 0. The fourth-order valence-electron chi connectivity index (χ4n) is 1.94. The zero-order chi connectivity index (χ0) is 11.1. The lowest BCUT2D eigenvalue weighted by atomic mass is 10.1. The summed E-state index contributed by atoms with van der Waals surface area (Å²) in [5.41, 5.74) is 1.37. The van der Waals surface area contributed by atoms with E-state index in [1.807, 2.05) is 12.1 Å². The number of para-hydroxylation sites is 1. The van der Waals surface area contributed by atoms with E-state index in [1.54, 1.807) is 17.2 Å². The molecule has 3 rings (SSSR count). The molecule has 5 heteroatoms. The topological polar surface area (TPSA) is 69.2 Å². The number of rotatable bonds is 1. The number of β-amino-alcohol motifs (C(OH)–C–C–N with tert-alkyl or cyclic N) is 1. The van der Waals surface area contributed by atoms with Crippen LogP contribution in [-0.4, -0.2) is 45.3 Å². The number of hydrogen-bond donors (Lipinski definition) is 2. The minimum Gasteiger partial charge on any atom is -0.389 e. The summed E-state index contributed by atoms with van der Waals surface area (Å²) in [7, 11) is 0. The standard InChI is InChI=1S/C11H11N3O2/c15-8-5-14(6-8)11(16)9-3-1-2-7-4-12-13-10(7)9/h1-4,8,15H,5-6H2,(H,12,13). The lowest BCUT2D eigenvalue weighted by Gasteiger charge is -2.35. The lowest BCUT2D eigenvalue weighted by molar-refractivity contribution is 0.00601. The molecule has 2 N–H and O–H groups in total. The highest BCUT2D eigenvalue weighted by molar-refractivity contribution is 6.05. The molecular formula is C11H11N3O2. The Morgan fingerprint density at radius 1 is 1.50 bits per heavy atom.